The average Bonchev–Trinajstić information content (AvgIpc) is 3.13. The first-order valence-corrected chi connectivity index (χ1v) is 9.55. The van der Waals surface area contributed by atoms with Gasteiger partial charge in [0.2, 0.25) is 5.91 Å². The molecule has 0 saturated carbocycles. The lowest BCUT2D eigenvalue weighted by molar-refractivity contribution is -0.519. The molecule has 4 aliphatic rings. The molecule has 5 amide bonds. The van der Waals surface area contributed by atoms with E-state index in [0.29, 0.717) is 11.4 Å². The second kappa shape index (κ2) is 7.29. The number of allylic oxidation sites excluding steroid dienone is 3. The molecule has 30 heavy (non-hydrogen) atoms. The highest BCUT2D eigenvalue weighted by Gasteiger charge is 2.50. The van der Waals surface area contributed by atoms with Crippen LogP contribution in [0.15, 0.2) is 45.6 Å². The van der Waals surface area contributed by atoms with Gasteiger partial charge < -0.3 is 5.32 Å². The number of carbonyl (C=O) groups is 4. The summed E-state index contributed by atoms with van der Waals surface area (Å²) in [6.45, 7) is 1.82. The van der Waals surface area contributed by atoms with E-state index in [1.54, 1.807) is 18.2 Å². The molecular formula is C20H21N6O4+. The molecule has 4 rings (SSSR count). The van der Waals surface area contributed by atoms with Crippen molar-refractivity contribution in [3.05, 3.63) is 35.6 Å². The number of nitrogens with zero attached hydrogens (tertiary/aromatic N) is 5. The fraction of sp³-hybridized carbons (Fsp3) is 0.350. The largest absolute Gasteiger partial charge is 0.333 e. The number of hydrogen-bond acceptors (Lipinski definition) is 5. The Kier molecular flexibility index (Phi) is 4.76. The lowest BCUT2D eigenvalue weighted by Gasteiger charge is -2.30. The van der Waals surface area contributed by atoms with Crippen LogP contribution in [0.1, 0.15) is 13.3 Å². The first-order chi connectivity index (χ1) is 14.3. The third kappa shape index (κ3) is 3.19. The van der Waals surface area contributed by atoms with Crippen LogP contribution >= 0.6 is 0 Å². The van der Waals surface area contributed by atoms with Crippen LogP contribution in [0.4, 0.5) is 4.79 Å². The van der Waals surface area contributed by atoms with Crippen molar-refractivity contribution >= 4 is 41.6 Å². The number of aliphatic imine (C=N–C) groups is 2. The number of nitrogens with one attached hydrogen (secondary N) is 1. The summed E-state index contributed by atoms with van der Waals surface area (Å²) in [5.41, 5.74) is 2.11. The molecule has 1 fully saturated rings. The van der Waals surface area contributed by atoms with E-state index in [0.717, 1.165) is 16.9 Å². The highest BCUT2D eigenvalue weighted by Crippen LogP contribution is 2.28. The van der Waals surface area contributed by atoms with E-state index < -0.39 is 23.9 Å². The molecule has 10 heteroatoms. The molecule has 2 unspecified atom stereocenters. The fourth-order valence-corrected chi connectivity index (χ4v) is 3.87. The van der Waals surface area contributed by atoms with Crippen molar-refractivity contribution in [1.82, 2.24) is 15.1 Å². The van der Waals surface area contributed by atoms with Crippen molar-refractivity contribution in [1.29, 1.82) is 0 Å². The van der Waals surface area contributed by atoms with Gasteiger partial charge in [0.15, 0.2) is 6.54 Å². The van der Waals surface area contributed by atoms with Gasteiger partial charge in [0.25, 0.3) is 30.0 Å². The molecule has 2 atom stereocenters. The van der Waals surface area contributed by atoms with Crippen molar-refractivity contribution in [2.24, 2.45) is 15.9 Å². The van der Waals surface area contributed by atoms with Gasteiger partial charge >= 0.3 is 6.03 Å². The van der Waals surface area contributed by atoms with Crippen LogP contribution in [-0.4, -0.2) is 82.7 Å². The molecule has 3 aliphatic heterocycles. The summed E-state index contributed by atoms with van der Waals surface area (Å²) in [6, 6.07) is -1.30. The molecule has 0 radical (unpaired) electrons. The van der Waals surface area contributed by atoms with Crippen molar-refractivity contribution in [2.45, 2.75) is 19.4 Å². The SMILES string of the molecule is CCC1=CC(=O)NC2=CC(=NC(=O)C[N+]3=CN=C4C3C(=O)N(C)C(=O)N4C)C=CC12. The van der Waals surface area contributed by atoms with Gasteiger partial charge in [-0.2, -0.15) is 0 Å². The Labute approximate surface area is 172 Å². The van der Waals surface area contributed by atoms with Crippen molar-refractivity contribution in [3.63, 3.8) is 0 Å². The second-order valence-electron chi connectivity index (χ2n) is 7.35. The van der Waals surface area contributed by atoms with Gasteiger partial charge in [-0.25, -0.2) is 14.4 Å². The van der Waals surface area contributed by atoms with E-state index in [4.69, 9.17) is 0 Å². The summed E-state index contributed by atoms with van der Waals surface area (Å²) >= 11 is 0. The number of carbonyl (C=O) groups excluding carboxylic acids is 4. The van der Waals surface area contributed by atoms with Gasteiger partial charge in [0, 0.05) is 31.8 Å². The Morgan fingerprint density at radius 1 is 1.23 bits per heavy atom. The molecular weight excluding hydrogens is 388 g/mol. The summed E-state index contributed by atoms with van der Waals surface area (Å²) in [4.78, 5) is 59.5. The predicted octanol–water partition coefficient (Wildman–Crippen LogP) is -0.165. The molecule has 0 aromatic carbocycles. The minimum absolute atomic E-state index is 0.0203. The van der Waals surface area contributed by atoms with E-state index in [1.165, 1.54) is 29.9 Å². The number of amides is 5. The van der Waals surface area contributed by atoms with Crippen LogP contribution in [-0.2, 0) is 14.4 Å². The van der Waals surface area contributed by atoms with Gasteiger partial charge in [-0.3, -0.25) is 24.2 Å². The van der Waals surface area contributed by atoms with Crippen LogP contribution in [0.5, 0.6) is 0 Å². The lowest BCUT2D eigenvalue weighted by atomic mass is 9.86. The van der Waals surface area contributed by atoms with E-state index in [9.17, 15) is 19.2 Å². The van der Waals surface area contributed by atoms with Gasteiger partial charge in [0.05, 0.1) is 5.71 Å². The van der Waals surface area contributed by atoms with Gasteiger partial charge in [-0.05, 0) is 23.6 Å². The minimum Gasteiger partial charge on any atom is -0.325 e. The monoisotopic (exact) mass is 409 g/mol. The molecule has 154 valence electrons. The van der Waals surface area contributed by atoms with Gasteiger partial charge in [-0.15, -0.1) is 0 Å². The Hall–Kier alpha value is -3.69. The third-order valence-corrected chi connectivity index (χ3v) is 5.46. The van der Waals surface area contributed by atoms with Gasteiger partial charge in [0.1, 0.15) is 0 Å². The first kappa shape index (κ1) is 19.6. The molecule has 10 nitrogen and oxygen atoms in total. The Balaban J connectivity index is 1.49. The first-order valence-electron chi connectivity index (χ1n) is 9.55. The topological polar surface area (TPSA) is 115 Å². The normalized spacial score (nSPS) is 26.6. The van der Waals surface area contributed by atoms with Crippen molar-refractivity contribution in [2.75, 3.05) is 20.6 Å². The lowest BCUT2D eigenvalue weighted by Crippen LogP contribution is -2.61. The summed E-state index contributed by atoms with van der Waals surface area (Å²) in [7, 11) is 2.92. The zero-order chi connectivity index (χ0) is 21.6. The number of imide groups is 1. The summed E-state index contributed by atoms with van der Waals surface area (Å²) in [6.07, 6.45) is 9.06. The Morgan fingerprint density at radius 2 is 2.00 bits per heavy atom. The number of amidine groups is 1. The number of rotatable bonds is 3. The Morgan fingerprint density at radius 3 is 2.73 bits per heavy atom. The zero-order valence-electron chi connectivity index (χ0n) is 16.8. The van der Waals surface area contributed by atoms with Crippen LogP contribution in [0.2, 0.25) is 0 Å². The molecule has 3 heterocycles. The molecule has 0 aromatic rings. The fourth-order valence-electron chi connectivity index (χ4n) is 3.87. The van der Waals surface area contributed by atoms with E-state index in [2.05, 4.69) is 15.3 Å². The maximum Gasteiger partial charge on any atom is 0.333 e. The molecule has 0 aromatic heterocycles. The minimum atomic E-state index is -0.832. The highest BCUT2D eigenvalue weighted by molar-refractivity contribution is 6.21. The highest BCUT2D eigenvalue weighted by atomic mass is 16.2. The predicted molar refractivity (Wildman–Crippen MR) is 108 cm³/mol. The standard InChI is InChI=1S/C20H20N6O4/c1-4-11-7-15(27)23-14-8-12(5-6-13(11)14)22-16(28)9-26-10-21-18-17(26)19(29)25(3)20(30)24(18)2/h5-8,10,13,17H,4,9H2,1-3H3/p+1. The van der Waals surface area contributed by atoms with E-state index in [-0.39, 0.29) is 24.2 Å². The summed E-state index contributed by atoms with van der Waals surface area (Å²) in [5, 5.41) is 2.80. The molecule has 0 bridgehead atoms. The molecule has 1 saturated heterocycles. The summed E-state index contributed by atoms with van der Waals surface area (Å²) < 4.78 is 1.46. The van der Waals surface area contributed by atoms with Crippen molar-refractivity contribution in [3.8, 4) is 0 Å². The number of likely N-dealkylation sites (N-methyl/N-ethyl adjacent to an activating group) is 2. The number of hydrogen-bond donors (Lipinski definition) is 1. The molecule has 1 aliphatic carbocycles. The average molecular weight is 409 g/mol. The smallest absolute Gasteiger partial charge is 0.325 e. The quantitative estimate of drug-likeness (QED) is 0.652. The number of urea groups is 1. The molecule has 1 N–H and O–H groups in total. The maximum atomic E-state index is 12.6. The molecule has 0 spiro atoms. The van der Waals surface area contributed by atoms with Crippen LogP contribution in [0, 0.1) is 5.92 Å². The van der Waals surface area contributed by atoms with Crippen LogP contribution in [0.3, 0.4) is 0 Å². The zero-order valence-corrected chi connectivity index (χ0v) is 16.8. The van der Waals surface area contributed by atoms with E-state index in [1.807, 2.05) is 13.0 Å². The van der Waals surface area contributed by atoms with Crippen molar-refractivity contribution < 1.29 is 23.8 Å². The number of fused-ring (bicyclic) bond motifs is 2. The second-order valence-corrected chi connectivity index (χ2v) is 7.35. The van der Waals surface area contributed by atoms with E-state index >= 15 is 0 Å². The van der Waals surface area contributed by atoms with Crippen LogP contribution < -0.4 is 5.32 Å². The van der Waals surface area contributed by atoms with Gasteiger partial charge in [-0.1, -0.05) is 18.6 Å². The Bertz CT molecular complexity index is 1060. The van der Waals surface area contributed by atoms with Crippen LogP contribution in [0.25, 0.3) is 0 Å². The maximum absolute atomic E-state index is 12.6. The summed E-state index contributed by atoms with van der Waals surface area (Å²) in [5.74, 6) is -0.841. The third-order valence-electron chi connectivity index (χ3n) is 5.46.